The van der Waals surface area contributed by atoms with Gasteiger partial charge in [0.2, 0.25) is 0 Å². The number of amides is 1. The zero-order chi connectivity index (χ0) is 19.3. The number of nitro groups is 1. The number of nitrogens with one attached hydrogen (secondary N) is 2. The average molecular weight is 411 g/mol. The van der Waals surface area contributed by atoms with Crippen LogP contribution in [0.15, 0.2) is 30.5 Å². The lowest BCUT2D eigenvalue weighted by atomic mass is 9.79. The predicted octanol–water partition coefficient (Wildman–Crippen LogP) is 1.34. The van der Waals surface area contributed by atoms with Gasteiger partial charge in [-0.25, -0.2) is 4.68 Å². The lowest BCUT2D eigenvalue weighted by Crippen LogP contribution is -2.47. The number of ether oxygens (including phenoxy) is 1. The number of hydrogen-bond donors (Lipinski definition) is 2. The van der Waals surface area contributed by atoms with Crippen molar-refractivity contribution in [3.63, 3.8) is 0 Å². The Morgan fingerprint density at radius 3 is 2.86 bits per heavy atom. The first-order valence-electron chi connectivity index (χ1n) is 8.68. The van der Waals surface area contributed by atoms with Gasteiger partial charge in [-0.3, -0.25) is 14.9 Å². The Labute approximate surface area is 168 Å². The zero-order valence-corrected chi connectivity index (χ0v) is 16.3. The Bertz CT molecular complexity index is 816. The van der Waals surface area contributed by atoms with E-state index in [1.54, 1.807) is 19.2 Å². The van der Waals surface area contributed by atoms with Crippen molar-refractivity contribution in [1.82, 2.24) is 25.6 Å². The van der Waals surface area contributed by atoms with E-state index in [1.807, 2.05) is 0 Å². The third kappa shape index (κ3) is 5.03. The van der Waals surface area contributed by atoms with E-state index in [9.17, 15) is 14.9 Å². The second kappa shape index (κ2) is 9.58. The summed E-state index contributed by atoms with van der Waals surface area (Å²) in [4.78, 5) is 22.9. The molecule has 0 spiro atoms. The second-order valence-electron chi connectivity index (χ2n) is 6.69. The summed E-state index contributed by atoms with van der Waals surface area (Å²) in [6, 6.07) is 5.98. The number of methoxy groups -OCH3 is 1. The third-order valence-corrected chi connectivity index (χ3v) is 4.77. The van der Waals surface area contributed by atoms with Crippen LogP contribution in [0.4, 0.5) is 5.69 Å². The van der Waals surface area contributed by atoms with Crippen LogP contribution in [0.25, 0.3) is 5.69 Å². The van der Waals surface area contributed by atoms with Gasteiger partial charge in [0.15, 0.2) is 5.69 Å². The van der Waals surface area contributed by atoms with E-state index < -0.39 is 4.92 Å². The van der Waals surface area contributed by atoms with Crippen molar-refractivity contribution in [2.45, 2.75) is 12.8 Å². The standard InChI is InChI=1S/C17H22N6O4.ClH/c1-27-12-17(5-7-18-8-6-17)11-19-16(24)15-10-22(21-20-15)13-3-2-4-14(9-13)23(25)26;/h2-4,9-10,18H,5-8,11-12H2,1H3,(H,19,24);1H. The van der Waals surface area contributed by atoms with Crippen LogP contribution in [0.5, 0.6) is 0 Å². The molecule has 2 N–H and O–H groups in total. The summed E-state index contributed by atoms with van der Waals surface area (Å²) in [7, 11) is 1.66. The lowest BCUT2D eigenvalue weighted by molar-refractivity contribution is -0.384. The van der Waals surface area contributed by atoms with Crippen LogP contribution in [0.3, 0.4) is 0 Å². The van der Waals surface area contributed by atoms with Crippen molar-refractivity contribution in [2.75, 3.05) is 33.4 Å². The van der Waals surface area contributed by atoms with Crippen LogP contribution in [-0.4, -0.2) is 59.2 Å². The number of piperidine rings is 1. The first-order valence-corrected chi connectivity index (χ1v) is 8.68. The van der Waals surface area contributed by atoms with Crippen molar-refractivity contribution in [2.24, 2.45) is 5.41 Å². The smallest absolute Gasteiger partial charge is 0.273 e. The van der Waals surface area contributed by atoms with Gasteiger partial charge >= 0.3 is 0 Å². The molecule has 0 radical (unpaired) electrons. The highest BCUT2D eigenvalue weighted by Crippen LogP contribution is 2.28. The first kappa shape index (κ1) is 21.7. The summed E-state index contributed by atoms with van der Waals surface area (Å²) in [5.74, 6) is -0.333. The van der Waals surface area contributed by atoms with E-state index in [4.69, 9.17) is 4.74 Å². The number of benzene rings is 1. The SMILES string of the molecule is COCC1(CNC(=O)c2cn(-c3cccc([N+](=O)[O-])c3)nn2)CCNCC1.Cl. The molecule has 152 valence electrons. The Balaban J connectivity index is 0.00000280. The van der Waals surface area contributed by atoms with Crippen LogP contribution in [0, 0.1) is 15.5 Å². The highest BCUT2D eigenvalue weighted by Gasteiger charge is 2.32. The number of halogens is 1. The van der Waals surface area contributed by atoms with Gasteiger partial charge in [0.1, 0.15) is 0 Å². The number of hydrogen-bond acceptors (Lipinski definition) is 7. The Morgan fingerprint density at radius 1 is 1.43 bits per heavy atom. The number of carbonyl (C=O) groups is 1. The first-order chi connectivity index (χ1) is 13.0. The van der Waals surface area contributed by atoms with E-state index >= 15 is 0 Å². The molecule has 28 heavy (non-hydrogen) atoms. The van der Waals surface area contributed by atoms with E-state index in [0.29, 0.717) is 18.8 Å². The minimum absolute atomic E-state index is 0. The minimum Gasteiger partial charge on any atom is -0.384 e. The van der Waals surface area contributed by atoms with Gasteiger partial charge < -0.3 is 15.4 Å². The molecule has 11 heteroatoms. The van der Waals surface area contributed by atoms with Crippen LogP contribution in [-0.2, 0) is 4.74 Å². The summed E-state index contributed by atoms with van der Waals surface area (Å²) >= 11 is 0. The van der Waals surface area contributed by atoms with Crippen molar-refractivity contribution < 1.29 is 14.5 Å². The number of nitro benzene ring substituents is 1. The molecular weight excluding hydrogens is 388 g/mol. The molecule has 0 atom stereocenters. The number of nitrogens with zero attached hydrogens (tertiary/aromatic N) is 4. The fraction of sp³-hybridized carbons (Fsp3) is 0.471. The number of carbonyl (C=O) groups excluding carboxylic acids is 1. The van der Waals surface area contributed by atoms with Crippen LogP contribution < -0.4 is 10.6 Å². The molecule has 0 saturated carbocycles. The average Bonchev–Trinajstić information content (AvgIpc) is 3.18. The van der Waals surface area contributed by atoms with E-state index in [1.165, 1.54) is 23.0 Å². The summed E-state index contributed by atoms with van der Waals surface area (Å²) in [5, 5.41) is 24.9. The van der Waals surface area contributed by atoms with Gasteiger partial charge in [-0.05, 0) is 32.0 Å². The molecule has 2 aromatic rings. The molecule has 1 aliphatic heterocycles. The minimum atomic E-state index is -0.484. The maximum atomic E-state index is 12.5. The predicted molar refractivity (Wildman–Crippen MR) is 104 cm³/mol. The van der Waals surface area contributed by atoms with Crippen molar-refractivity contribution in [3.8, 4) is 5.69 Å². The molecule has 0 aliphatic carbocycles. The fourth-order valence-corrected chi connectivity index (χ4v) is 3.24. The zero-order valence-electron chi connectivity index (χ0n) is 15.5. The van der Waals surface area contributed by atoms with Crippen molar-refractivity contribution in [1.29, 1.82) is 0 Å². The molecule has 0 bridgehead atoms. The topological polar surface area (TPSA) is 124 Å². The monoisotopic (exact) mass is 410 g/mol. The van der Waals surface area contributed by atoms with Crippen molar-refractivity contribution in [3.05, 3.63) is 46.3 Å². The number of aromatic nitrogens is 3. The Hall–Kier alpha value is -2.56. The van der Waals surface area contributed by atoms with Crippen LogP contribution in [0.1, 0.15) is 23.3 Å². The highest BCUT2D eigenvalue weighted by atomic mass is 35.5. The van der Waals surface area contributed by atoms with Crippen LogP contribution >= 0.6 is 12.4 Å². The summed E-state index contributed by atoms with van der Waals surface area (Å²) in [5.41, 5.74) is 0.473. The fourth-order valence-electron chi connectivity index (χ4n) is 3.24. The summed E-state index contributed by atoms with van der Waals surface area (Å²) < 4.78 is 6.69. The third-order valence-electron chi connectivity index (χ3n) is 4.77. The van der Waals surface area contributed by atoms with Gasteiger partial charge in [0.05, 0.1) is 23.4 Å². The largest absolute Gasteiger partial charge is 0.384 e. The molecule has 2 heterocycles. The quantitative estimate of drug-likeness (QED) is 0.521. The highest BCUT2D eigenvalue weighted by molar-refractivity contribution is 5.91. The molecule has 1 fully saturated rings. The van der Waals surface area contributed by atoms with Gasteiger partial charge in [-0.2, -0.15) is 0 Å². The van der Waals surface area contributed by atoms with E-state index in [0.717, 1.165) is 25.9 Å². The molecule has 1 aromatic heterocycles. The molecule has 1 aromatic carbocycles. The van der Waals surface area contributed by atoms with Gasteiger partial charge in [-0.1, -0.05) is 11.3 Å². The van der Waals surface area contributed by atoms with Crippen LogP contribution in [0.2, 0.25) is 0 Å². The molecule has 1 aliphatic rings. The molecule has 1 saturated heterocycles. The number of rotatable bonds is 7. The molecule has 3 rings (SSSR count). The normalized spacial score (nSPS) is 15.5. The Kier molecular flexibility index (Phi) is 7.44. The van der Waals surface area contributed by atoms with Gasteiger partial charge in [-0.15, -0.1) is 17.5 Å². The van der Waals surface area contributed by atoms with Gasteiger partial charge in [0, 0.05) is 31.2 Å². The number of non-ortho nitro benzene ring substituents is 1. The molecule has 0 unspecified atom stereocenters. The summed E-state index contributed by atoms with van der Waals surface area (Å²) in [6.07, 6.45) is 3.29. The van der Waals surface area contributed by atoms with Gasteiger partial charge in [0.25, 0.3) is 11.6 Å². The summed E-state index contributed by atoms with van der Waals surface area (Å²) in [6.45, 7) is 2.85. The van der Waals surface area contributed by atoms with Crippen molar-refractivity contribution >= 4 is 24.0 Å². The molecule has 10 nitrogen and oxygen atoms in total. The molecular formula is C17H23ClN6O4. The molecule has 1 amide bonds. The maximum Gasteiger partial charge on any atom is 0.273 e. The second-order valence-corrected chi connectivity index (χ2v) is 6.69. The van der Waals surface area contributed by atoms with E-state index in [-0.39, 0.29) is 35.1 Å². The Morgan fingerprint density at radius 2 is 2.18 bits per heavy atom. The maximum absolute atomic E-state index is 12.5. The van der Waals surface area contributed by atoms with E-state index in [2.05, 4.69) is 20.9 Å². The lowest BCUT2D eigenvalue weighted by Gasteiger charge is -2.37.